The fraction of sp³-hybridized carbons (Fsp3) is 0.292. The summed E-state index contributed by atoms with van der Waals surface area (Å²) in [5, 5.41) is 0.559. The molecule has 0 aliphatic carbocycles. The van der Waals surface area contributed by atoms with Crippen molar-refractivity contribution in [2.24, 2.45) is 4.99 Å². The van der Waals surface area contributed by atoms with Gasteiger partial charge < -0.3 is 14.1 Å². The minimum Gasteiger partial charge on any atom is -0.459 e. The van der Waals surface area contributed by atoms with Gasteiger partial charge in [-0.25, -0.2) is 9.79 Å². The second-order valence-electron chi connectivity index (χ2n) is 8.28. The minimum absolute atomic E-state index is 0.273. The van der Waals surface area contributed by atoms with Crippen LogP contribution in [-0.2, 0) is 9.53 Å². The van der Waals surface area contributed by atoms with Crippen LogP contribution in [0.1, 0.15) is 38.1 Å². The number of rotatable bonds is 5. The van der Waals surface area contributed by atoms with Crippen LogP contribution in [0.5, 0.6) is 0 Å². The number of allylic oxidation sites excluding steroid dienone is 1. The zero-order valence-corrected chi connectivity index (χ0v) is 22.4. The molecule has 0 spiro atoms. The molecule has 178 valence electrons. The molecule has 0 amide bonds. The van der Waals surface area contributed by atoms with E-state index in [4.69, 9.17) is 20.8 Å². The first-order valence-electron chi connectivity index (χ1n) is 10.5. The molecule has 1 aliphatic heterocycles. The fourth-order valence-electron chi connectivity index (χ4n) is 3.70. The summed E-state index contributed by atoms with van der Waals surface area (Å²) in [6.07, 6.45) is 1.37. The number of furan rings is 1. The third-order valence-corrected chi connectivity index (χ3v) is 6.94. The lowest BCUT2D eigenvalue weighted by Gasteiger charge is -2.25. The molecule has 0 saturated heterocycles. The number of thiazole rings is 1. The SMILES string of the molecule is CC1=C(C(=O)OC(C)C)[C@@H](c2ccc(Cl)cc2)n2c(s/c(=C/c3cc(Br)c(N(C)C)o3)c2=O)=N1. The van der Waals surface area contributed by atoms with Crippen LogP contribution in [0.15, 0.2) is 60.3 Å². The summed E-state index contributed by atoms with van der Waals surface area (Å²) in [7, 11) is 3.74. The Kier molecular flexibility index (Phi) is 6.89. The molecule has 3 heterocycles. The molecule has 7 nitrogen and oxygen atoms in total. The predicted molar refractivity (Wildman–Crippen MR) is 137 cm³/mol. The summed E-state index contributed by atoms with van der Waals surface area (Å²) in [4.78, 5) is 33.6. The third-order valence-electron chi connectivity index (χ3n) is 5.14. The molecule has 34 heavy (non-hydrogen) atoms. The zero-order valence-electron chi connectivity index (χ0n) is 19.3. The Morgan fingerprint density at radius 1 is 1.32 bits per heavy atom. The molecule has 0 fully saturated rings. The van der Waals surface area contributed by atoms with Gasteiger partial charge in [0.05, 0.1) is 32.4 Å². The first-order chi connectivity index (χ1) is 16.1. The van der Waals surface area contributed by atoms with E-state index < -0.39 is 12.0 Å². The molecule has 1 aliphatic rings. The van der Waals surface area contributed by atoms with Gasteiger partial charge in [-0.15, -0.1) is 0 Å². The smallest absolute Gasteiger partial charge is 0.338 e. The first-order valence-corrected chi connectivity index (χ1v) is 12.5. The maximum Gasteiger partial charge on any atom is 0.338 e. The van der Waals surface area contributed by atoms with Gasteiger partial charge in [-0.3, -0.25) is 9.36 Å². The number of hydrogen-bond donors (Lipinski definition) is 0. The summed E-state index contributed by atoms with van der Waals surface area (Å²) in [6.45, 7) is 5.32. The molecule has 10 heteroatoms. The van der Waals surface area contributed by atoms with Gasteiger partial charge in [0.1, 0.15) is 5.76 Å². The Bertz CT molecular complexity index is 1470. The van der Waals surface area contributed by atoms with Gasteiger partial charge in [0.15, 0.2) is 4.80 Å². The van der Waals surface area contributed by atoms with Crippen molar-refractivity contribution >= 4 is 56.8 Å². The average molecular weight is 565 g/mol. The molecule has 0 unspecified atom stereocenters. The van der Waals surface area contributed by atoms with Crippen LogP contribution >= 0.6 is 38.9 Å². The second-order valence-corrected chi connectivity index (χ2v) is 10.6. The first kappa shape index (κ1) is 24.5. The Labute approximate surface area is 213 Å². The summed E-state index contributed by atoms with van der Waals surface area (Å²) in [5.74, 6) is 0.669. The van der Waals surface area contributed by atoms with E-state index in [0.29, 0.717) is 37.3 Å². The summed E-state index contributed by atoms with van der Waals surface area (Å²) in [5.41, 5.74) is 1.29. The highest BCUT2D eigenvalue weighted by Gasteiger charge is 2.33. The monoisotopic (exact) mass is 563 g/mol. The molecule has 4 rings (SSSR count). The second kappa shape index (κ2) is 9.56. The fourth-order valence-corrected chi connectivity index (χ4v) is 5.52. The Hall–Kier alpha value is -2.62. The maximum atomic E-state index is 13.6. The molecule has 0 N–H and O–H groups in total. The van der Waals surface area contributed by atoms with E-state index >= 15 is 0 Å². The van der Waals surface area contributed by atoms with Crippen LogP contribution < -0.4 is 19.8 Å². The van der Waals surface area contributed by atoms with Gasteiger partial charge >= 0.3 is 5.97 Å². The van der Waals surface area contributed by atoms with Crippen LogP contribution in [0.2, 0.25) is 5.02 Å². The molecule has 2 aromatic heterocycles. The molecule has 0 bridgehead atoms. The molecule has 3 aromatic rings. The van der Waals surface area contributed by atoms with Gasteiger partial charge in [-0.1, -0.05) is 35.1 Å². The number of hydrogen-bond acceptors (Lipinski definition) is 7. The number of esters is 1. The standard InChI is InChI=1S/C24H23BrClN3O4S/c1-12(2)32-23(31)19-13(3)27-24-29(20(19)14-6-8-15(26)9-7-14)21(30)18(34-24)11-16-10-17(25)22(33-16)28(4)5/h6-12,20H,1-5H3/b18-11+/t20-/m1/s1. The average Bonchev–Trinajstić information content (AvgIpc) is 3.26. The van der Waals surface area contributed by atoms with E-state index in [9.17, 15) is 9.59 Å². The molecule has 0 radical (unpaired) electrons. The van der Waals surface area contributed by atoms with Crippen LogP contribution in [0.3, 0.4) is 0 Å². The number of halogens is 2. The maximum absolute atomic E-state index is 13.6. The Morgan fingerprint density at radius 2 is 2.00 bits per heavy atom. The van der Waals surface area contributed by atoms with Crippen LogP contribution in [0.25, 0.3) is 6.08 Å². The molecule has 1 atom stereocenters. The van der Waals surface area contributed by atoms with Crippen molar-refractivity contribution in [2.45, 2.75) is 32.9 Å². The van der Waals surface area contributed by atoms with Crippen LogP contribution in [0, 0.1) is 0 Å². The van der Waals surface area contributed by atoms with E-state index in [1.807, 2.05) is 19.0 Å². The molecular formula is C24H23BrClN3O4S. The molecule has 0 saturated carbocycles. The lowest BCUT2D eigenvalue weighted by atomic mass is 9.96. The van der Waals surface area contributed by atoms with Crippen molar-refractivity contribution in [3.8, 4) is 0 Å². The summed E-state index contributed by atoms with van der Waals surface area (Å²) < 4.78 is 14.1. The predicted octanol–water partition coefficient (Wildman–Crippen LogP) is 4.26. The quantitative estimate of drug-likeness (QED) is 0.433. The highest BCUT2D eigenvalue weighted by molar-refractivity contribution is 9.10. The van der Waals surface area contributed by atoms with Crippen molar-refractivity contribution in [1.82, 2.24) is 4.57 Å². The van der Waals surface area contributed by atoms with Gasteiger partial charge in [0, 0.05) is 31.3 Å². The van der Waals surface area contributed by atoms with Gasteiger partial charge in [0.25, 0.3) is 5.56 Å². The number of aromatic nitrogens is 1. The zero-order chi connectivity index (χ0) is 24.7. The number of ether oxygens (including phenoxy) is 1. The van der Waals surface area contributed by atoms with E-state index in [1.54, 1.807) is 57.2 Å². The topological polar surface area (TPSA) is 77.0 Å². The third kappa shape index (κ3) is 4.64. The number of benzene rings is 1. The van der Waals surface area contributed by atoms with E-state index in [2.05, 4.69) is 20.9 Å². The Morgan fingerprint density at radius 3 is 2.59 bits per heavy atom. The van der Waals surface area contributed by atoms with Crippen molar-refractivity contribution in [3.63, 3.8) is 0 Å². The highest BCUT2D eigenvalue weighted by atomic mass is 79.9. The largest absolute Gasteiger partial charge is 0.459 e. The van der Waals surface area contributed by atoms with Gasteiger partial charge in [0.2, 0.25) is 5.88 Å². The van der Waals surface area contributed by atoms with Crippen LogP contribution in [-0.4, -0.2) is 30.7 Å². The van der Waals surface area contributed by atoms with Crippen molar-refractivity contribution < 1.29 is 13.9 Å². The molecular weight excluding hydrogens is 542 g/mol. The highest BCUT2D eigenvalue weighted by Crippen LogP contribution is 2.32. The lowest BCUT2D eigenvalue weighted by molar-refractivity contribution is -0.143. The number of nitrogens with zero attached hydrogens (tertiary/aromatic N) is 3. The normalized spacial score (nSPS) is 16.0. The van der Waals surface area contributed by atoms with Crippen LogP contribution in [0.4, 0.5) is 5.88 Å². The number of fused-ring (bicyclic) bond motifs is 1. The van der Waals surface area contributed by atoms with Gasteiger partial charge in [-0.05, 0) is 54.4 Å². The van der Waals surface area contributed by atoms with Crippen molar-refractivity contribution in [3.05, 3.63) is 82.1 Å². The van der Waals surface area contributed by atoms with Crippen molar-refractivity contribution in [1.29, 1.82) is 0 Å². The van der Waals surface area contributed by atoms with Crippen molar-refractivity contribution in [2.75, 3.05) is 19.0 Å². The number of anilines is 1. The summed E-state index contributed by atoms with van der Waals surface area (Å²) >= 11 is 10.8. The van der Waals surface area contributed by atoms with E-state index in [0.717, 1.165) is 10.0 Å². The van der Waals surface area contributed by atoms with Gasteiger partial charge in [-0.2, -0.15) is 0 Å². The van der Waals surface area contributed by atoms with E-state index in [1.165, 1.54) is 15.9 Å². The lowest BCUT2D eigenvalue weighted by Crippen LogP contribution is -2.40. The minimum atomic E-state index is -0.692. The molecule has 1 aromatic carbocycles. The number of carbonyl (C=O) groups excluding carboxylic acids is 1. The number of carbonyl (C=O) groups is 1. The Balaban J connectivity index is 1.92. The van der Waals surface area contributed by atoms with E-state index in [-0.39, 0.29) is 11.7 Å². The summed E-state index contributed by atoms with van der Waals surface area (Å²) in [6, 6.07) is 8.19.